The third-order valence-corrected chi connectivity index (χ3v) is 18.3. The number of rotatable bonds is 20. The van der Waals surface area contributed by atoms with E-state index in [9.17, 15) is 29.1 Å². The summed E-state index contributed by atoms with van der Waals surface area (Å²) in [5, 5.41) is 23.5. The van der Waals surface area contributed by atoms with Crippen LogP contribution in [0.3, 0.4) is 0 Å². The van der Waals surface area contributed by atoms with Crippen LogP contribution < -0.4 is 21.3 Å². The third-order valence-electron chi connectivity index (χ3n) is 18.3. The van der Waals surface area contributed by atoms with E-state index in [0.29, 0.717) is 39.3 Å². The maximum atomic E-state index is 15.4. The summed E-state index contributed by atoms with van der Waals surface area (Å²) < 4.78 is 11.8. The second kappa shape index (κ2) is 39.8. The van der Waals surface area contributed by atoms with E-state index in [2.05, 4.69) is 26.2 Å². The van der Waals surface area contributed by atoms with Crippen LogP contribution in [0.5, 0.6) is 0 Å². The first-order valence-electron chi connectivity index (χ1n) is 34.5. The van der Waals surface area contributed by atoms with Gasteiger partial charge in [0.25, 0.3) is 0 Å². The van der Waals surface area contributed by atoms with Crippen LogP contribution in [0.1, 0.15) is 156 Å². The van der Waals surface area contributed by atoms with Crippen molar-refractivity contribution in [1.82, 2.24) is 60.5 Å². The molecular weight excluding hydrogens is 1220 g/mol. The molecule has 0 aromatic rings. The molecule has 95 heavy (non-hydrogen) atoms. The Balaban J connectivity index is 3.09. The molecule has 0 saturated carbocycles. The highest BCUT2D eigenvalue weighted by Crippen LogP contribution is 2.26. The number of nitrogens with one attached hydrogen (secondary N) is 4. The smallest absolute Gasteiger partial charge is 0.248 e. The van der Waals surface area contributed by atoms with Gasteiger partial charge in [-0.1, -0.05) is 109 Å². The van der Waals surface area contributed by atoms with Gasteiger partial charge in [-0.05, 0) is 101 Å². The molecule has 2 aliphatic rings. The molecule has 5 N–H and O–H groups in total. The molecule has 0 aliphatic carbocycles. The molecule has 2 heterocycles. The average Bonchev–Trinajstić information content (AvgIpc) is 0.814. The van der Waals surface area contributed by atoms with Crippen molar-refractivity contribution >= 4 is 65.0 Å². The number of allylic oxidation sites excluding steroid dienone is 2. The van der Waals surface area contributed by atoms with E-state index in [4.69, 9.17) is 9.47 Å². The van der Waals surface area contributed by atoms with Crippen molar-refractivity contribution in [3.8, 4) is 0 Å². The van der Waals surface area contributed by atoms with Crippen molar-refractivity contribution in [2.75, 3.05) is 95.4 Å². The summed E-state index contributed by atoms with van der Waals surface area (Å²) >= 11 is 0. The second-order valence-electron chi connectivity index (χ2n) is 28.8. The normalized spacial score (nSPS) is 27.3. The van der Waals surface area contributed by atoms with Crippen LogP contribution >= 0.6 is 0 Å². The highest BCUT2D eigenvalue weighted by molar-refractivity contribution is 6.00. The van der Waals surface area contributed by atoms with Gasteiger partial charge < -0.3 is 70.1 Å². The largest absolute Gasteiger partial charge is 0.390 e. The van der Waals surface area contributed by atoms with Crippen LogP contribution in [0, 0.1) is 41.4 Å². The lowest BCUT2D eigenvalue weighted by molar-refractivity contribution is -0.157. The fraction of sp³-hybridized carbons (Fsp3) is 0.812. The monoisotopic (exact) mass is 1340 g/mol. The molecule has 2 fully saturated rings. The first kappa shape index (κ1) is 84.8. The zero-order chi connectivity index (χ0) is 72.8. The molecule has 0 spiro atoms. The van der Waals surface area contributed by atoms with Crippen LogP contribution in [0.4, 0.5) is 0 Å². The molecule has 11 amide bonds. The summed E-state index contributed by atoms with van der Waals surface area (Å²) in [7, 11) is 9.97. The molecule has 0 bridgehead atoms. The van der Waals surface area contributed by atoms with E-state index >= 15 is 28.8 Å². The Morgan fingerprint density at radius 1 is 0.484 bits per heavy atom. The summed E-state index contributed by atoms with van der Waals surface area (Å²) in [5.74, 6) is -10.1. The number of nitrogens with zero attached hydrogens (tertiary/aromatic N) is 8. The van der Waals surface area contributed by atoms with Crippen LogP contribution in [0.15, 0.2) is 12.2 Å². The molecule has 0 aromatic carbocycles. The van der Waals surface area contributed by atoms with Gasteiger partial charge >= 0.3 is 0 Å². The summed E-state index contributed by atoms with van der Waals surface area (Å²) in [6.45, 7) is 32.6. The summed E-state index contributed by atoms with van der Waals surface area (Å²) in [6.07, 6.45) is 2.85. The number of morpholine rings is 1. The fourth-order valence-corrected chi connectivity index (χ4v) is 12.2. The number of hydrogen-bond acceptors (Lipinski definition) is 15. The molecular formula is C69H124N12O14. The first-order valence-corrected chi connectivity index (χ1v) is 34.5. The number of carbonyl (C=O) groups is 11. The third kappa shape index (κ3) is 24.4. The number of amides is 11. The SMILES string of the molecule is C/C=C/C[C@@H](C)[C@@H](O)[C@H]1C(=O)N[C@@H](CC)C(=O)N(C)[C@H](COCCN2CCOCC2)C(=O)N(C)[C@@H](CC(C)C)C(=O)N[C@@H](C(C)C)C(=O)N(C)[C@@H](CC(C)C)C(=O)N[C@@H](C)C(=O)N[C@@H](C)C(=O)N(C)[C@@H](CC(C)C)C(=O)N(C)[C@@H](CC(C)C)C(=O)N(C)[C@@H](C(C)C)C(=O)N1C. The predicted molar refractivity (Wildman–Crippen MR) is 365 cm³/mol. The molecule has 544 valence electrons. The fourth-order valence-electron chi connectivity index (χ4n) is 12.2. The number of likely N-dealkylation sites (N-methyl/N-ethyl adjacent to an activating group) is 7. The molecule has 2 saturated heterocycles. The van der Waals surface area contributed by atoms with Gasteiger partial charge in [-0.2, -0.15) is 0 Å². The van der Waals surface area contributed by atoms with Crippen LogP contribution in [0.25, 0.3) is 0 Å². The Morgan fingerprint density at radius 2 is 0.905 bits per heavy atom. The lowest BCUT2D eigenvalue weighted by atomic mass is 9.91. The number of aliphatic hydroxyl groups excluding tert-OH is 1. The predicted octanol–water partition coefficient (Wildman–Crippen LogP) is 2.99. The van der Waals surface area contributed by atoms with Gasteiger partial charge in [0.15, 0.2) is 0 Å². The Kier molecular flexibility index (Phi) is 35.6. The Bertz CT molecular complexity index is 2580. The molecule has 0 aromatic heterocycles. The molecule has 13 atom stereocenters. The molecule has 0 radical (unpaired) electrons. The van der Waals surface area contributed by atoms with Crippen molar-refractivity contribution in [3.05, 3.63) is 12.2 Å². The summed E-state index contributed by atoms with van der Waals surface area (Å²) in [5.41, 5.74) is 0. The minimum atomic E-state index is -1.66. The van der Waals surface area contributed by atoms with E-state index in [1.807, 2.05) is 61.5 Å². The quantitative estimate of drug-likeness (QED) is 0.0865. The lowest BCUT2D eigenvalue weighted by Crippen LogP contribution is -2.64. The maximum absolute atomic E-state index is 15.4. The highest BCUT2D eigenvalue weighted by atomic mass is 16.5. The topological polar surface area (TPSA) is 300 Å². The zero-order valence-corrected chi connectivity index (χ0v) is 62.1. The number of carbonyl (C=O) groups excluding carboxylic acids is 11. The molecule has 2 aliphatic heterocycles. The van der Waals surface area contributed by atoms with Crippen LogP contribution in [-0.2, 0) is 62.2 Å². The van der Waals surface area contributed by atoms with E-state index in [-0.39, 0.29) is 69.0 Å². The van der Waals surface area contributed by atoms with E-state index < -0.39 is 155 Å². The Labute approximate surface area is 568 Å². The van der Waals surface area contributed by atoms with Gasteiger partial charge in [-0.15, -0.1) is 0 Å². The Hall–Kier alpha value is -6.25. The second-order valence-corrected chi connectivity index (χ2v) is 28.8. The van der Waals surface area contributed by atoms with Gasteiger partial charge in [0, 0.05) is 69.0 Å². The van der Waals surface area contributed by atoms with Crippen molar-refractivity contribution in [3.63, 3.8) is 0 Å². The molecule has 26 nitrogen and oxygen atoms in total. The van der Waals surface area contributed by atoms with Gasteiger partial charge in [0.1, 0.15) is 66.5 Å². The average molecular weight is 1350 g/mol. The summed E-state index contributed by atoms with van der Waals surface area (Å²) in [6, 6.07) is -14.1. The van der Waals surface area contributed by atoms with Gasteiger partial charge in [0.05, 0.1) is 32.5 Å². The first-order chi connectivity index (χ1) is 44.2. The van der Waals surface area contributed by atoms with E-state index in [1.165, 1.54) is 87.7 Å². The Morgan fingerprint density at radius 3 is 1.38 bits per heavy atom. The maximum Gasteiger partial charge on any atom is 0.248 e. The minimum absolute atomic E-state index is 0.0281. The number of ether oxygens (including phenoxy) is 2. The minimum Gasteiger partial charge on any atom is -0.390 e. The zero-order valence-electron chi connectivity index (χ0n) is 62.1. The van der Waals surface area contributed by atoms with E-state index in [1.54, 1.807) is 54.5 Å². The van der Waals surface area contributed by atoms with Gasteiger partial charge in [-0.25, -0.2) is 0 Å². The lowest BCUT2D eigenvalue weighted by Gasteiger charge is -2.41. The van der Waals surface area contributed by atoms with Crippen LogP contribution in [0.2, 0.25) is 0 Å². The van der Waals surface area contributed by atoms with Crippen molar-refractivity contribution in [2.24, 2.45) is 41.4 Å². The highest BCUT2D eigenvalue weighted by Gasteiger charge is 2.46. The van der Waals surface area contributed by atoms with Crippen LogP contribution in [-0.4, -0.2) is 277 Å². The molecule has 0 unspecified atom stereocenters. The van der Waals surface area contributed by atoms with Crippen molar-refractivity contribution < 1.29 is 67.3 Å². The summed E-state index contributed by atoms with van der Waals surface area (Å²) in [4.78, 5) is 175. The van der Waals surface area contributed by atoms with Gasteiger partial charge in [0.2, 0.25) is 65.0 Å². The van der Waals surface area contributed by atoms with Crippen molar-refractivity contribution in [2.45, 2.75) is 229 Å². The van der Waals surface area contributed by atoms with Gasteiger partial charge in [-0.3, -0.25) is 57.6 Å². The van der Waals surface area contributed by atoms with E-state index in [0.717, 1.165) is 9.80 Å². The van der Waals surface area contributed by atoms with Crippen molar-refractivity contribution in [1.29, 1.82) is 0 Å². The molecule has 26 heteroatoms. The number of hydrogen-bond donors (Lipinski definition) is 5. The standard InChI is InChI=1S/C69H124N12O14/c1-25-27-28-46(15)58(82)57-62(86)72-49(26-2)64(88)78(22)54(39-95-34-31-81-29-32-94-33-30-81)67(91)74(18)51(36-41(5)6)61(85)73-55(44(11)12)68(92)75(19)50(35-40(3)4)60(84)70-47(16)59(83)71-48(17)63(87)76(20)52(37-42(7)8)65(89)77(21)53(38-43(9)10)66(90)79(23)56(45(13)14)69(93)80(57)24/h25,27,40-58,82H,26,28-39H2,1-24H3,(H,70,84)(H,71,83)(H,72,86)(H,73,85)/b27-25+/t46-,47+,48+,49+,50+,51+,52+,53+,54-,55+,56+,57+,58-/m1/s1. The molecule has 2 rings (SSSR count). The number of aliphatic hydroxyl groups is 1.